The van der Waals surface area contributed by atoms with Gasteiger partial charge in [0.2, 0.25) is 0 Å². The van der Waals surface area contributed by atoms with E-state index >= 15 is 0 Å². The zero-order chi connectivity index (χ0) is 15.2. The summed E-state index contributed by atoms with van der Waals surface area (Å²) in [7, 11) is 1.50. The van der Waals surface area contributed by atoms with Crippen LogP contribution in [0, 0.1) is 21.4 Å². The number of benzene rings is 2. The first-order valence-corrected chi connectivity index (χ1v) is 6.19. The number of nitro benzene ring substituents is 1. The number of nitrogens with zero attached hydrogens (tertiary/aromatic N) is 2. The van der Waals surface area contributed by atoms with Crippen LogP contribution in [0.3, 0.4) is 0 Å². The Kier molecular flexibility index (Phi) is 4.36. The molecule has 6 heteroatoms. The van der Waals surface area contributed by atoms with Crippen LogP contribution in [-0.2, 0) is 6.54 Å². The Morgan fingerprint density at radius 3 is 2.81 bits per heavy atom. The van der Waals surface area contributed by atoms with Crippen LogP contribution in [0.4, 0.5) is 11.4 Å². The molecule has 0 aliphatic carbocycles. The fourth-order valence-electron chi connectivity index (χ4n) is 1.89. The minimum atomic E-state index is -0.451. The molecule has 0 aromatic heterocycles. The van der Waals surface area contributed by atoms with E-state index in [9.17, 15) is 10.1 Å². The van der Waals surface area contributed by atoms with E-state index < -0.39 is 4.92 Å². The molecule has 0 saturated heterocycles. The highest BCUT2D eigenvalue weighted by molar-refractivity contribution is 5.64. The van der Waals surface area contributed by atoms with Gasteiger partial charge in [-0.1, -0.05) is 12.1 Å². The van der Waals surface area contributed by atoms with Gasteiger partial charge >= 0.3 is 0 Å². The molecule has 0 heterocycles. The first kappa shape index (κ1) is 14.3. The van der Waals surface area contributed by atoms with Crippen molar-refractivity contribution in [3.05, 3.63) is 63.7 Å². The molecule has 0 saturated carbocycles. The molecule has 106 valence electrons. The monoisotopic (exact) mass is 283 g/mol. The van der Waals surface area contributed by atoms with Crippen molar-refractivity contribution in [1.29, 1.82) is 5.26 Å². The van der Waals surface area contributed by atoms with Crippen molar-refractivity contribution in [2.24, 2.45) is 0 Å². The van der Waals surface area contributed by atoms with Crippen molar-refractivity contribution in [2.45, 2.75) is 6.54 Å². The quantitative estimate of drug-likeness (QED) is 0.673. The lowest BCUT2D eigenvalue weighted by Crippen LogP contribution is -2.03. The molecule has 0 radical (unpaired) electrons. The second-order valence-electron chi connectivity index (χ2n) is 4.31. The van der Waals surface area contributed by atoms with E-state index in [2.05, 4.69) is 11.4 Å². The van der Waals surface area contributed by atoms with Crippen LogP contribution in [0.25, 0.3) is 0 Å². The first-order chi connectivity index (χ1) is 10.1. The van der Waals surface area contributed by atoms with E-state index in [-0.39, 0.29) is 5.69 Å². The van der Waals surface area contributed by atoms with Crippen LogP contribution >= 0.6 is 0 Å². The van der Waals surface area contributed by atoms with Gasteiger partial charge in [0, 0.05) is 18.7 Å². The van der Waals surface area contributed by atoms with Crippen molar-refractivity contribution < 1.29 is 9.66 Å². The first-order valence-electron chi connectivity index (χ1n) is 6.19. The van der Waals surface area contributed by atoms with E-state index in [4.69, 9.17) is 10.00 Å². The number of rotatable bonds is 5. The van der Waals surface area contributed by atoms with Crippen LogP contribution in [0.15, 0.2) is 42.5 Å². The van der Waals surface area contributed by atoms with E-state index in [1.165, 1.54) is 13.2 Å². The molecule has 0 aliphatic heterocycles. The maximum absolute atomic E-state index is 11.0. The Balaban J connectivity index is 2.22. The highest BCUT2D eigenvalue weighted by atomic mass is 16.6. The maximum Gasteiger partial charge on any atom is 0.292 e. The maximum atomic E-state index is 11.0. The number of hydrogen-bond acceptors (Lipinski definition) is 5. The molecule has 21 heavy (non-hydrogen) atoms. The summed E-state index contributed by atoms with van der Waals surface area (Å²) in [4.78, 5) is 10.6. The van der Waals surface area contributed by atoms with Gasteiger partial charge in [0.1, 0.15) is 11.4 Å². The van der Waals surface area contributed by atoms with Crippen LogP contribution < -0.4 is 10.1 Å². The summed E-state index contributed by atoms with van der Waals surface area (Å²) in [6.07, 6.45) is 0. The highest BCUT2D eigenvalue weighted by Gasteiger charge is 2.14. The average molecular weight is 283 g/mol. The Hall–Kier alpha value is -3.07. The molecule has 2 aromatic carbocycles. The van der Waals surface area contributed by atoms with Gasteiger partial charge in [-0.15, -0.1) is 0 Å². The summed E-state index contributed by atoms with van der Waals surface area (Å²) in [5.41, 5.74) is 1.77. The number of ether oxygens (including phenoxy) is 1. The van der Waals surface area contributed by atoms with Crippen molar-refractivity contribution in [2.75, 3.05) is 12.4 Å². The molecule has 6 nitrogen and oxygen atoms in total. The third-order valence-corrected chi connectivity index (χ3v) is 2.94. The van der Waals surface area contributed by atoms with Gasteiger partial charge in [-0.25, -0.2) is 0 Å². The Morgan fingerprint density at radius 2 is 2.14 bits per heavy atom. The minimum Gasteiger partial charge on any atom is -0.497 e. The van der Waals surface area contributed by atoms with Gasteiger partial charge < -0.3 is 10.1 Å². The van der Waals surface area contributed by atoms with Gasteiger partial charge in [0.05, 0.1) is 23.7 Å². The largest absolute Gasteiger partial charge is 0.497 e. The molecule has 2 aromatic rings. The standard InChI is InChI=1S/C15H13N3O3/c1-21-13-5-6-15(18(19)20)14(8-13)17-10-12-4-2-3-11(7-12)9-16/h2-8,17H,10H2,1H3. The van der Waals surface area contributed by atoms with Crippen molar-refractivity contribution in [1.82, 2.24) is 0 Å². The molecule has 0 spiro atoms. The van der Waals surface area contributed by atoms with E-state index in [1.807, 2.05) is 6.07 Å². The zero-order valence-electron chi connectivity index (χ0n) is 11.4. The zero-order valence-corrected chi connectivity index (χ0v) is 11.4. The summed E-state index contributed by atoms with van der Waals surface area (Å²) < 4.78 is 5.07. The smallest absolute Gasteiger partial charge is 0.292 e. The van der Waals surface area contributed by atoms with E-state index in [0.717, 1.165) is 5.56 Å². The molecule has 1 N–H and O–H groups in total. The number of methoxy groups -OCH3 is 1. The molecule has 0 aliphatic rings. The van der Waals surface area contributed by atoms with Gasteiger partial charge in [0.15, 0.2) is 0 Å². The molecule has 0 atom stereocenters. The molecule has 0 unspecified atom stereocenters. The summed E-state index contributed by atoms with van der Waals surface area (Å²) in [5, 5.41) is 22.9. The molecule has 0 amide bonds. The third-order valence-electron chi connectivity index (χ3n) is 2.94. The molecular weight excluding hydrogens is 270 g/mol. The normalized spacial score (nSPS) is 9.71. The van der Waals surface area contributed by atoms with Crippen LogP contribution in [-0.4, -0.2) is 12.0 Å². The van der Waals surface area contributed by atoms with Crippen LogP contribution in [0.2, 0.25) is 0 Å². The molecular formula is C15H13N3O3. The molecule has 0 bridgehead atoms. The number of hydrogen-bond donors (Lipinski definition) is 1. The Labute approximate surface area is 121 Å². The second kappa shape index (κ2) is 6.39. The van der Waals surface area contributed by atoms with Gasteiger partial charge in [-0.2, -0.15) is 5.26 Å². The topological polar surface area (TPSA) is 88.2 Å². The van der Waals surface area contributed by atoms with Gasteiger partial charge in [-0.05, 0) is 23.8 Å². The van der Waals surface area contributed by atoms with Crippen molar-refractivity contribution >= 4 is 11.4 Å². The number of anilines is 1. The SMILES string of the molecule is COc1ccc([N+](=O)[O-])c(NCc2cccc(C#N)c2)c1. The number of nitro groups is 1. The van der Waals surface area contributed by atoms with Crippen molar-refractivity contribution in [3.63, 3.8) is 0 Å². The van der Waals surface area contributed by atoms with Gasteiger partial charge in [-0.3, -0.25) is 10.1 Å². The highest BCUT2D eigenvalue weighted by Crippen LogP contribution is 2.29. The fourth-order valence-corrected chi connectivity index (χ4v) is 1.89. The molecule has 0 fully saturated rings. The summed E-state index contributed by atoms with van der Waals surface area (Å²) >= 11 is 0. The second-order valence-corrected chi connectivity index (χ2v) is 4.31. The fraction of sp³-hybridized carbons (Fsp3) is 0.133. The van der Waals surface area contributed by atoms with Crippen LogP contribution in [0.5, 0.6) is 5.75 Å². The summed E-state index contributed by atoms with van der Waals surface area (Å²) in [6, 6.07) is 13.6. The van der Waals surface area contributed by atoms with E-state index in [1.54, 1.807) is 30.3 Å². The average Bonchev–Trinajstić information content (AvgIpc) is 2.52. The van der Waals surface area contributed by atoms with Crippen LogP contribution in [0.1, 0.15) is 11.1 Å². The lowest BCUT2D eigenvalue weighted by atomic mass is 10.1. The van der Waals surface area contributed by atoms with Gasteiger partial charge in [0.25, 0.3) is 5.69 Å². The minimum absolute atomic E-state index is 0.0211. The Morgan fingerprint density at radius 1 is 1.33 bits per heavy atom. The Bertz CT molecular complexity index is 708. The number of nitrogens with one attached hydrogen (secondary N) is 1. The summed E-state index contributed by atoms with van der Waals surface area (Å²) in [6.45, 7) is 0.378. The predicted molar refractivity (Wildman–Crippen MR) is 78.1 cm³/mol. The predicted octanol–water partition coefficient (Wildman–Crippen LogP) is 3.09. The third kappa shape index (κ3) is 3.48. The van der Waals surface area contributed by atoms with Crippen molar-refractivity contribution in [3.8, 4) is 11.8 Å². The number of nitriles is 1. The lowest BCUT2D eigenvalue weighted by Gasteiger charge is -2.09. The lowest BCUT2D eigenvalue weighted by molar-refractivity contribution is -0.384. The van der Waals surface area contributed by atoms with E-state index in [0.29, 0.717) is 23.5 Å². The molecule has 2 rings (SSSR count). The summed E-state index contributed by atoms with van der Waals surface area (Å²) in [5.74, 6) is 0.536.